The van der Waals surface area contributed by atoms with Crippen LogP contribution in [-0.2, 0) is 9.47 Å². The van der Waals surface area contributed by atoms with Gasteiger partial charge in [0.05, 0.1) is 13.2 Å². The number of nitrogens with zero attached hydrogens (tertiary/aromatic N) is 1. The molecular weight excluding hydrogens is 228 g/mol. The Kier molecular flexibility index (Phi) is 6.57. The predicted octanol–water partition coefficient (Wildman–Crippen LogP) is 1.36. The molecule has 0 aromatic heterocycles. The van der Waals surface area contributed by atoms with Crippen LogP contribution < -0.4 is 5.32 Å². The molecule has 1 aliphatic rings. The summed E-state index contributed by atoms with van der Waals surface area (Å²) >= 11 is 0. The van der Waals surface area contributed by atoms with Gasteiger partial charge in [-0.05, 0) is 25.3 Å². The van der Waals surface area contributed by atoms with Crippen LogP contribution in [0.5, 0.6) is 0 Å². The minimum absolute atomic E-state index is 0.300. The smallest absolute Gasteiger partial charge is 0.0615 e. The molecule has 4 nitrogen and oxygen atoms in total. The van der Waals surface area contributed by atoms with E-state index in [4.69, 9.17) is 9.47 Å². The normalized spacial score (nSPS) is 25.3. The molecule has 1 aliphatic heterocycles. The topological polar surface area (TPSA) is 33.7 Å². The molecular formula is C14H30N2O2. The maximum atomic E-state index is 5.33. The summed E-state index contributed by atoms with van der Waals surface area (Å²) in [5.41, 5.74) is 0.300. The van der Waals surface area contributed by atoms with Gasteiger partial charge in [0.2, 0.25) is 0 Å². The predicted molar refractivity (Wildman–Crippen MR) is 75.0 cm³/mol. The second-order valence-electron chi connectivity index (χ2n) is 6.00. The number of hydrogen-bond donors (Lipinski definition) is 1. The minimum atomic E-state index is 0.300. The van der Waals surface area contributed by atoms with E-state index in [9.17, 15) is 0 Å². The highest BCUT2D eigenvalue weighted by molar-refractivity contribution is 4.93. The molecule has 1 heterocycles. The Labute approximate surface area is 112 Å². The van der Waals surface area contributed by atoms with Crippen molar-refractivity contribution in [2.75, 3.05) is 47.1 Å². The second kappa shape index (κ2) is 7.43. The van der Waals surface area contributed by atoms with Gasteiger partial charge >= 0.3 is 0 Å². The maximum Gasteiger partial charge on any atom is 0.0615 e. The number of hydrogen-bond acceptors (Lipinski definition) is 4. The van der Waals surface area contributed by atoms with Crippen molar-refractivity contribution >= 4 is 0 Å². The van der Waals surface area contributed by atoms with Gasteiger partial charge in [0, 0.05) is 39.4 Å². The Balaban J connectivity index is 2.72. The lowest BCUT2D eigenvalue weighted by atomic mass is 9.78. The number of piperidine rings is 1. The summed E-state index contributed by atoms with van der Waals surface area (Å²) in [7, 11) is 3.55. The fourth-order valence-corrected chi connectivity index (χ4v) is 2.99. The Morgan fingerprint density at radius 1 is 1.33 bits per heavy atom. The molecule has 0 bridgehead atoms. The summed E-state index contributed by atoms with van der Waals surface area (Å²) in [5, 5.41) is 3.50. The van der Waals surface area contributed by atoms with E-state index >= 15 is 0 Å². The van der Waals surface area contributed by atoms with E-state index < -0.39 is 0 Å². The number of nitrogens with one attached hydrogen (secondary N) is 1. The molecule has 4 heteroatoms. The molecule has 0 spiro atoms. The van der Waals surface area contributed by atoms with Crippen LogP contribution in [0.2, 0.25) is 0 Å². The van der Waals surface area contributed by atoms with Gasteiger partial charge in [0.25, 0.3) is 0 Å². The molecule has 0 saturated carbocycles. The van der Waals surface area contributed by atoms with E-state index in [1.165, 1.54) is 6.42 Å². The molecule has 1 N–H and O–H groups in total. The van der Waals surface area contributed by atoms with Gasteiger partial charge < -0.3 is 14.8 Å². The summed E-state index contributed by atoms with van der Waals surface area (Å²) < 4.78 is 10.6. The van der Waals surface area contributed by atoms with E-state index in [-0.39, 0.29) is 0 Å². The summed E-state index contributed by atoms with van der Waals surface area (Å²) in [6.45, 7) is 11.7. The number of rotatable bonds is 7. The van der Waals surface area contributed by atoms with Crippen molar-refractivity contribution in [3.63, 3.8) is 0 Å². The first kappa shape index (κ1) is 15.9. The van der Waals surface area contributed by atoms with Gasteiger partial charge in [-0.1, -0.05) is 13.8 Å². The Bertz CT molecular complexity index is 234. The van der Waals surface area contributed by atoms with Gasteiger partial charge in [0.15, 0.2) is 0 Å². The average molecular weight is 258 g/mol. The summed E-state index contributed by atoms with van der Waals surface area (Å²) in [4.78, 5) is 2.56. The van der Waals surface area contributed by atoms with Gasteiger partial charge in [-0.3, -0.25) is 4.90 Å². The van der Waals surface area contributed by atoms with Crippen LogP contribution in [0.4, 0.5) is 0 Å². The van der Waals surface area contributed by atoms with Crippen molar-refractivity contribution in [1.29, 1.82) is 0 Å². The molecule has 0 aliphatic carbocycles. The summed E-state index contributed by atoms with van der Waals surface area (Å²) in [6, 6.07) is 1.03. The third-order valence-electron chi connectivity index (χ3n) is 4.01. The molecule has 108 valence electrons. The van der Waals surface area contributed by atoms with Crippen LogP contribution in [0.3, 0.4) is 0 Å². The first-order chi connectivity index (χ1) is 8.53. The lowest BCUT2D eigenvalue weighted by Gasteiger charge is -2.47. The summed E-state index contributed by atoms with van der Waals surface area (Å²) in [6.07, 6.45) is 1.20. The lowest BCUT2D eigenvalue weighted by Crippen LogP contribution is -2.58. The third-order valence-corrected chi connectivity index (χ3v) is 4.01. The third kappa shape index (κ3) is 4.19. The Hall–Kier alpha value is -0.160. The van der Waals surface area contributed by atoms with Crippen LogP contribution >= 0.6 is 0 Å². The largest absolute Gasteiger partial charge is 0.383 e. The molecule has 1 fully saturated rings. The van der Waals surface area contributed by atoms with Gasteiger partial charge in [0.1, 0.15) is 0 Å². The highest BCUT2D eigenvalue weighted by atomic mass is 16.5. The zero-order valence-corrected chi connectivity index (χ0v) is 12.7. The van der Waals surface area contributed by atoms with E-state index in [1.54, 1.807) is 14.2 Å². The molecule has 2 unspecified atom stereocenters. The van der Waals surface area contributed by atoms with Gasteiger partial charge in [-0.25, -0.2) is 0 Å². The van der Waals surface area contributed by atoms with Gasteiger partial charge in [-0.2, -0.15) is 0 Å². The first-order valence-corrected chi connectivity index (χ1v) is 6.97. The van der Waals surface area contributed by atoms with Crippen molar-refractivity contribution in [3.8, 4) is 0 Å². The molecule has 2 atom stereocenters. The van der Waals surface area contributed by atoms with Crippen LogP contribution in [0.1, 0.15) is 27.2 Å². The minimum Gasteiger partial charge on any atom is -0.383 e. The molecule has 0 amide bonds. The monoisotopic (exact) mass is 258 g/mol. The van der Waals surface area contributed by atoms with Crippen LogP contribution in [0.25, 0.3) is 0 Å². The Morgan fingerprint density at radius 2 is 2.06 bits per heavy atom. The second-order valence-corrected chi connectivity index (χ2v) is 6.00. The Morgan fingerprint density at radius 3 is 2.61 bits per heavy atom. The summed E-state index contributed by atoms with van der Waals surface area (Å²) in [5.74, 6) is 0. The molecule has 0 aromatic carbocycles. The first-order valence-electron chi connectivity index (χ1n) is 6.97. The van der Waals surface area contributed by atoms with E-state index in [0.29, 0.717) is 17.5 Å². The molecule has 0 radical (unpaired) electrons. The van der Waals surface area contributed by atoms with Crippen LogP contribution in [0.15, 0.2) is 0 Å². The fourth-order valence-electron chi connectivity index (χ4n) is 2.99. The molecule has 18 heavy (non-hydrogen) atoms. The van der Waals surface area contributed by atoms with Crippen molar-refractivity contribution in [2.45, 2.75) is 39.3 Å². The lowest BCUT2D eigenvalue weighted by molar-refractivity contribution is -0.00841. The average Bonchev–Trinajstić information content (AvgIpc) is 2.31. The zero-order valence-electron chi connectivity index (χ0n) is 12.7. The molecule has 1 rings (SSSR count). The maximum absolute atomic E-state index is 5.33. The van der Waals surface area contributed by atoms with E-state index in [2.05, 4.69) is 31.0 Å². The standard InChI is InChI=1S/C14H30N2O2/c1-12(10-18-5)16(8-9-17-4)13-6-7-15-11-14(13,2)3/h12-13,15H,6-11H2,1-5H3. The highest BCUT2D eigenvalue weighted by Gasteiger charge is 2.37. The van der Waals surface area contributed by atoms with Crippen LogP contribution in [-0.4, -0.2) is 64.1 Å². The van der Waals surface area contributed by atoms with Crippen molar-refractivity contribution < 1.29 is 9.47 Å². The number of methoxy groups -OCH3 is 2. The van der Waals surface area contributed by atoms with Crippen LogP contribution in [0, 0.1) is 5.41 Å². The van der Waals surface area contributed by atoms with Crippen molar-refractivity contribution in [3.05, 3.63) is 0 Å². The van der Waals surface area contributed by atoms with Crippen molar-refractivity contribution in [2.24, 2.45) is 5.41 Å². The zero-order chi connectivity index (χ0) is 13.6. The SMILES string of the molecule is COCCN(C(C)COC)C1CCNCC1(C)C. The molecule has 1 saturated heterocycles. The number of ether oxygens (including phenoxy) is 2. The van der Waals surface area contributed by atoms with E-state index in [0.717, 1.165) is 32.8 Å². The van der Waals surface area contributed by atoms with Gasteiger partial charge in [-0.15, -0.1) is 0 Å². The van der Waals surface area contributed by atoms with Crippen molar-refractivity contribution in [1.82, 2.24) is 10.2 Å². The molecule has 0 aromatic rings. The highest BCUT2D eigenvalue weighted by Crippen LogP contribution is 2.30. The quantitative estimate of drug-likeness (QED) is 0.747. The van der Waals surface area contributed by atoms with E-state index in [1.807, 2.05) is 0 Å². The fraction of sp³-hybridized carbons (Fsp3) is 1.00.